The Labute approximate surface area is 157 Å². The summed E-state index contributed by atoms with van der Waals surface area (Å²) in [6, 6.07) is 4.94. The van der Waals surface area contributed by atoms with E-state index in [1.807, 2.05) is 0 Å². The van der Waals surface area contributed by atoms with Crippen LogP contribution >= 0.6 is 0 Å². The Hall–Kier alpha value is -1.04. The fourth-order valence-corrected chi connectivity index (χ4v) is 4.30. The van der Waals surface area contributed by atoms with Crippen molar-refractivity contribution in [2.45, 2.75) is 111 Å². The first kappa shape index (κ1) is 20.3. The molecule has 1 aromatic carbocycles. The van der Waals surface area contributed by atoms with Crippen molar-refractivity contribution >= 4 is 5.57 Å². The van der Waals surface area contributed by atoms with Gasteiger partial charge in [0.25, 0.3) is 0 Å². The summed E-state index contributed by atoms with van der Waals surface area (Å²) in [5.74, 6) is 0. The Morgan fingerprint density at radius 2 is 1.28 bits per heavy atom. The first-order valence-corrected chi connectivity index (χ1v) is 11.1. The Balaban J connectivity index is 2.42. The molecule has 140 valence electrons. The molecule has 0 aromatic heterocycles. The van der Waals surface area contributed by atoms with Crippen LogP contribution in [0.5, 0.6) is 0 Å². The maximum absolute atomic E-state index is 2.47. The second kappa shape index (κ2) is 10.8. The van der Waals surface area contributed by atoms with Gasteiger partial charge in [-0.05, 0) is 85.6 Å². The van der Waals surface area contributed by atoms with E-state index in [1.165, 1.54) is 83.5 Å². The maximum Gasteiger partial charge on any atom is -0.00549 e. The number of hydrogen-bond donors (Lipinski definition) is 0. The lowest BCUT2D eigenvalue weighted by Gasteiger charge is -2.18. The average Bonchev–Trinajstić information content (AvgIpc) is 2.99. The standard InChI is InChI=1S/C25H40/c1-5-9-13-20-17-18-22-19-21(14-10-6-2)24(16-12-8-4)25(22)23(20)15-11-7-3/h17-18H,5-16,19H2,1-4H3. The second-order valence-electron chi connectivity index (χ2n) is 7.91. The molecule has 0 N–H and O–H groups in total. The van der Waals surface area contributed by atoms with Gasteiger partial charge in [0, 0.05) is 0 Å². The molecule has 0 saturated heterocycles. The Bertz CT molecular complexity index is 562. The van der Waals surface area contributed by atoms with E-state index >= 15 is 0 Å². The normalized spacial score (nSPS) is 13.6. The molecule has 2 rings (SSSR count). The minimum atomic E-state index is 1.24. The zero-order valence-corrected chi connectivity index (χ0v) is 17.3. The van der Waals surface area contributed by atoms with Crippen molar-refractivity contribution < 1.29 is 0 Å². The largest absolute Gasteiger partial charge is 0.0654 e. The first-order chi connectivity index (χ1) is 12.3. The zero-order valence-electron chi connectivity index (χ0n) is 17.3. The highest BCUT2D eigenvalue weighted by atomic mass is 14.3. The molecule has 1 aliphatic rings. The van der Waals surface area contributed by atoms with Gasteiger partial charge in [0.05, 0.1) is 0 Å². The number of rotatable bonds is 12. The molecule has 0 heteroatoms. The van der Waals surface area contributed by atoms with Crippen molar-refractivity contribution in [3.8, 4) is 0 Å². The molecule has 0 radical (unpaired) electrons. The molecule has 25 heavy (non-hydrogen) atoms. The van der Waals surface area contributed by atoms with E-state index in [0.717, 1.165) is 0 Å². The molecular formula is C25H40. The van der Waals surface area contributed by atoms with Crippen LogP contribution in [-0.2, 0) is 19.3 Å². The van der Waals surface area contributed by atoms with Crippen LogP contribution in [0.3, 0.4) is 0 Å². The van der Waals surface area contributed by atoms with Crippen LogP contribution in [0.25, 0.3) is 5.57 Å². The lowest BCUT2D eigenvalue weighted by Crippen LogP contribution is -2.02. The van der Waals surface area contributed by atoms with Crippen molar-refractivity contribution in [1.82, 2.24) is 0 Å². The van der Waals surface area contributed by atoms with Gasteiger partial charge in [-0.2, -0.15) is 0 Å². The quantitative estimate of drug-likeness (QED) is 0.361. The first-order valence-electron chi connectivity index (χ1n) is 11.1. The predicted octanol–water partition coefficient (Wildman–Crippen LogP) is 8.06. The van der Waals surface area contributed by atoms with Gasteiger partial charge in [-0.15, -0.1) is 0 Å². The highest BCUT2D eigenvalue weighted by Crippen LogP contribution is 2.42. The predicted molar refractivity (Wildman–Crippen MR) is 113 cm³/mol. The highest BCUT2D eigenvalue weighted by Gasteiger charge is 2.24. The van der Waals surface area contributed by atoms with Crippen molar-refractivity contribution in [2.75, 3.05) is 0 Å². The molecule has 0 heterocycles. The molecule has 0 nitrogen and oxygen atoms in total. The van der Waals surface area contributed by atoms with Crippen LogP contribution < -0.4 is 0 Å². The van der Waals surface area contributed by atoms with E-state index < -0.39 is 0 Å². The van der Waals surface area contributed by atoms with E-state index in [4.69, 9.17) is 0 Å². The van der Waals surface area contributed by atoms with E-state index in [9.17, 15) is 0 Å². The maximum atomic E-state index is 2.47. The fourth-order valence-electron chi connectivity index (χ4n) is 4.30. The summed E-state index contributed by atoms with van der Waals surface area (Å²) in [5.41, 5.74) is 10.3. The number of aryl methyl sites for hydroxylation is 1. The topological polar surface area (TPSA) is 0 Å². The SMILES string of the molecule is CCCCC1=C(CCCC)c2c(ccc(CCCC)c2CCCC)C1. The van der Waals surface area contributed by atoms with Gasteiger partial charge >= 0.3 is 0 Å². The molecule has 0 atom stereocenters. The summed E-state index contributed by atoms with van der Waals surface area (Å²) in [6.45, 7) is 9.30. The van der Waals surface area contributed by atoms with E-state index in [0.29, 0.717) is 0 Å². The summed E-state index contributed by atoms with van der Waals surface area (Å²) in [4.78, 5) is 0. The minimum Gasteiger partial charge on any atom is -0.0654 e. The second-order valence-corrected chi connectivity index (χ2v) is 7.91. The Kier molecular flexibility index (Phi) is 8.79. The number of benzene rings is 1. The van der Waals surface area contributed by atoms with Gasteiger partial charge in [-0.3, -0.25) is 0 Å². The number of fused-ring (bicyclic) bond motifs is 1. The van der Waals surface area contributed by atoms with Gasteiger partial charge in [-0.1, -0.05) is 71.1 Å². The lowest BCUT2D eigenvalue weighted by atomic mass is 9.87. The molecule has 0 aliphatic heterocycles. The number of allylic oxidation sites excluding steroid dienone is 2. The Morgan fingerprint density at radius 3 is 1.96 bits per heavy atom. The summed E-state index contributed by atoms with van der Waals surface area (Å²) in [5, 5.41) is 0. The van der Waals surface area contributed by atoms with Crippen LogP contribution in [0.2, 0.25) is 0 Å². The molecular weight excluding hydrogens is 300 g/mol. The molecule has 0 fully saturated rings. The third-order valence-corrected chi connectivity index (χ3v) is 5.82. The van der Waals surface area contributed by atoms with Crippen molar-refractivity contribution in [3.05, 3.63) is 40.0 Å². The summed E-state index contributed by atoms with van der Waals surface area (Å²) in [7, 11) is 0. The number of hydrogen-bond acceptors (Lipinski definition) is 0. The number of unbranched alkanes of at least 4 members (excludes halogenated alkanes) is 4. The van der Waals surface area contributed by atoms with Crippen LogP contribution in [0.4, 0.5) is 0 Å². The van der Waals surface area contributed by atoms with E-state index in [2.05, 4.69) is 39.8 Å². The van der Waals surface area contributed by atoms with Gasteiger partial charge in [0.1, 0.15) is 0 Å². The fraction of sp³-hybridized carbons (Fsp3) is 0.680. The van der Waals surface area contributed by atoms with Crippen LogP contribution in [0.15, 0.2) is 17.7 Å². The monoisotopic (exact) mass is 340 g/mol. The summed E-state index contributed by atoms with van der Waals surface area (Å²) < 4.78 is 0. The van der Waals surface area contributed by atoms with Gasteiger partial charge in [0.2, 0.25) is 0 Å². The highest BCUT2D eigenvalue weighted by molar-refractivity contribution is 5.79. The lowest BCUT2D eigenvalue weighted by molar-refractivity contribution is 0.754. The average molecular weight is 341 g/mol. The Morgan fingerprint density at radius 1 is 0.680 bits per heavy atom. The third kappa shape index (κ3) is 5.22. The summed E-state index contributed by atoms with van der Waals surface area (Å²) >= 11 is 0. The van der Waals surface area contributed by atoms with Gasteiger partial charge < -0.3 is 0 Å². The van der Waals surface area contributed by atoms with Crippen LogP contribution in [0.1, 0.15) is 114 Å². The minimum absolute atomic E-state index is 1.24. The van der Waals surface area contributed by atoms with Crippen molar-refractivity contribution in [1.29, 1.82) is 0 Å². The van der Waals surface area contributed by atoms with Gasteiger partial charge in [0.15, 0.2) is 0 Å². The van der Waals surface area contributed by atoms with Crippen molar-refractivity contribution in [2.24, 2.45) is 0 Å². The smallest absolute Gasteiger partial charge is 0.00549 e. The zero-order chi connectivity index (χ0) is 18.1. The van der Waals surface area contributed by atoms with Crippen LogP contribution in [-0.4, -0.2) is 0 Å². The molecule has 0 bridgehead atoms. The molecule has 0 spiro atoms. The molecule has 1 aliphatic carbocycles. The van der Waals surface area contributed by atoms with E-state index in [1.54, 1.807) is 33.4 Å². The van der Waals surface area contributed by atoms with E-state index in [-0.39, 0.29) is 0 Å². The van der Waals surface area contributed by atoms with Gasteiger partial charge in [-0.25, -0.2) is 0 Å². The summed E-state index contributed by atoms with van der Waals surface area (Å²) in [6.07, 6.45) is 17.0. The van der Waals surface area contributed by atoms with Crippen LogP contribution in [0, 0.1) is 0 Å². The molecule has 0 unspecified atom stereocenters. The molecule has 0 amide bonds. The molecule has 0 saturated carbocycles. The molecule has 1 aromatic rings. The van der Waals surface area contributed by atoms with Crippen molar-refractivity contribution in [3.63, 3.8) is 0 Å². The third-order valence-electron chi connectivity index (χ3n) is 5.82.